The molecule has 1 aromatic heterocycles. The van der Waals surface area contributed by atoms with Crippen LogP contribution >= 0.6 is 0 Å². The van der Waals surface area contributed by atoms with Crippen molar-refractivity contribution < 1.29 is 18.7 Å². The second kappa shape index (κ2) is 6.77. The number of pyridine rings is 1. The number of aromatic carboxylic acids is 1. The molecule has 6 nitrogen and oxygen atoms in total. The van der Waals surface area contributed by atoms with E-state index >= 15 is 8.78 Å². The Morgan fingerprint density at radius 2 is 2.07 bits per heavy atom. The average Bonchev–Trinajstić information content (AvgIpc) is 3.07. The summed E-state index contributed by atoms with van der Waals surface area (Å²) in [5.41, 5.74) is -1.70. The molecule has 1 atom stereocenters. The molecule has 1 unspecified atom stereocenters. The highest BCUT2D eigenvalue weighted by Crippen LogP contribution is 2.63. The van der Waals surface area contributed by atoms with Gasteiger partial charge in [0.1, 0.15) is 17.1 Å². The molecule has 4 aliphatic rings. The van der Waals surface area contributed by atoms with Crippen LogP contribution in [0.3, 0.4) is 0 Å². The van der Waals surface area contributed by atoms with Crippen molar-refractivity contribution in [2.24, 2.45) is 11.8 Å². The van der Waals surface area contributed by atoms with Crippen LogP contribution in [0, 0.1) is 23.5 Å². The fourth-order valence-corrected chi connectivity index (χ4v) is 5.50. The van der Waals surface area contributed by atoms with Crippen LogP contribution in [-0.2, 0) is 5.54 Å². The van der Waals surface area contributed by atoms with E-state index in [1.165, 1.54) is 6.20 Å². The lowest BCUT2D eigenvalue weighted by Gasteiger charge is -2.63. The number of rotatable bonds is 6. The maximum Gasteiger partial charge on any atom is 0.341 e. The summed E-state index contributed by atoms with van der Waals surface area (Å²) in [5.74, 6) is -2.08. The lowest BCUT2D eigenvalue weighted by Crippen LogP contribution is -2.59. The third-order valence-corrected chi connectivity index (χ3v) is 7.19. The van der Waals surface area contributed by atoms with Gasteiger partial charge >= 0.3 is 5.97 Å². The van der Waals surface area contributed by atoms with Crippen LogP contribution < -0.4 is 15.6 Å². The molecule has 8 heteroatoms. The van der Waals surface area contributed by atoms with Crippen LogP contribution in [0.1, 0.15) is 43.0 Å². The largest absolute Gasteiger partial charge is 0.477 e. The quantitative estimate of drug-likeness (QED) is 0.756. The van der Waals surface area contributed by atoms with Crippen molar-refractivity contribution >= 4 is 22.6 Å². The monoisotopic (exact) mass is 417 g/mol. The molecule has 0 radical (unpaired) electrons. The first-order valence-electron chi connectivity index (χ1n) is 10.6. The van der Waals surface area contributed by atoms with Gasteiger partial charge in [-0.15, -0.1) is 0 Å². The maximum atomic E-state index is 15.8. The number of carbonyl (C=O) groups is 1. The van der Waals surface area contributed by atoms with Gasteiger partial charge < -0.3 is 19.9 Å². The van der Waals surface area contributed by atoms with Crippen LogP contribution in [0.4, 0.5) is 14.5 Å². The van der Waals surface area contributed by atoms with Crippen molar-refractivity contribution in [2.45, 2.75) is 38.1 Å². The summed E-state index contributed by atoms with van der Waals surface area (Å²) in [7, 11) is 0. The Balaban J connectivity index is 1.66. The molecule has 1 aromatic carbocycles. The smallest absolute Gasteiger partial charge is 0.341 e. The second-order valence-corrected chi connectivity index (χ2v) is 9.08. The van der Waals surface area contributed by atoms with Crippen LogP contribution in [0.15, 0.2) is 17.1 Å². The molecular weight excluding hydrogens is 392 g/mol. The highest BCUT2D eigenvalue weighted by Gasteiger charge is 2.58. The van der Waals surface area contributed by atoms with Crippen LogP contribution in [-0.4, -0.2) is 41.8 Å². The van der Waals surface area contributed by atoms with E-state index in [1.807, 2.05) is 6.92 Å². The summed E-state index contributed by atoms with van der Waals surface area (Å²) in [5, 5.41) is 12.6. The molecule has 3 aliphatic carbocycles. The number of hydrogen-bond donors (Lipinski definition) is 2. The number of halogens is 2. The van der Waals surface area contributed by atoms with Crippen LogP contribution in [0.25, 0.3) is 10.9 Å². The number of hydrogen-bond acceptors (Lipinski definition) is 4. The Morgan fingerprint density at radius 1 is 1.33 bits per heavy atom. The fourth-order valence-electron chi connectivity index (χ4n) is 5.50. The molecule has 160 valence electrons. The van der Waals surface area contributed by atoms with Crippen LogP contribution in [0.2, 0.25) is 0 Å². The fraction of sp³-hybridized carbons (Fsp3) is 0.545. The van der Waals surface area contributed by atoms with E-state index in [9.17, 15) is 14.7 Å². The third-order valence-electron chi connectivity index (χ3n) is 7.19. The van der Waals surface area contributed by atoms with Gasteiger partial charge in [0.25, 0.3) is 0 Å². The van der Waals surface area contributed by atoms with E-state index in [2.05, 4.69) is 5.32 Å². The van der Waals surface area contributed by atoms with Gasteiger partial charge in [-0.25, -0.2) is 13.6 Å². The van der Waals surface area contributed by atoms with Crippen molar-refractivity contribution in [1.29, 1.82) is 0 Å². The van der Waals surface area contributed by atoms with Crippen molar-refractivity contribution in [2.75, 3.05) is 31.1 Å². The highest BCUT2D eigenvalue weighted by molar-refractivity contribution is 5.94. The lowest BCUT2D eigenvalue weighted by molar-refractivity contribution is -0.0863. The minimum absolute atomic E-state index is 0.0367. The minimum atomic E-state index is -1.38. The van der Waals surface area contributed by atoms with Crippen molar-refractivity contribution in [3.8, 4) is 0 Å². The minimum Gasteiger partial charge on any atom is -0.477 e. The molecule has 30 heavy (non-hydrogen) atoms. The number of aromatic nitrogens is 1. The topological polar surface area (TPSA) is 74.6 Å². The molecule has 6 rings (SSSR count). The van der Waals surface area contributed by atoms with Gasteiger partial charge in [-0.3, -0.25) is 4.79 Å². The summed E-state index contributed by atoms with van der Waals surface area (Å²) in [6.07, 6.45) is 4.62. The average molecular weight is 417 g/mol. The Morgan fingerprint density at radius 3 is 2.67 bits per heavy atom. The first kappa shape index (κ1) is 19.5. The Bertz CT molecular complexity index is 1100. The van der Waals surface area contributed by atoms with E-state index in [-0.39, 0.29) is 22.1 Å². The molecular formula is C22H25F2N3O3. The Kier molecular flexibility index (Phi) is 4.39. The molecule has 0 amide bonds. The Labute approximate surface area is 172 Å². The van der Waals surface area contributed by atoms with Crippen LogP contribution in [0.5, 0.6) is 0 Å². The molecule has 2 bridgehead atoms. The van der Waals surface area contributed by atoms with E-state index in [4.69, 9.17) is 0 Å². The molecule has 0 spiro atoms. The predicted octanol–water partition coefficient (Wildman–Crippen LogP) is 2.92. The summed E-state index contributed by atoms with van der Waals surface area (Å²) >= 11 is 0. The van der Waals surface area contributed by atoms with E-state index in [0.29, 0.717) is 24.9 Å². The highest BCUT2D eigenvalue weighted by atomic mass is 19.1. The molecule has 4 fully saturated rings. The zero-order valence-corrected chi connectivity index (χ0v) is 16.9. The molecule has 2 N–H and O–H groups in total. The normalized spacial score (nSPS) is 27.2. The number of nitrogens with one attached hydrogen (secondary N) is 1. The van der Waals surface area contributed by atoms with Crippen molar-refractivity contribution in [1.82, 2.24) is 9.88 Å². The van der Waals surface area contributed by atoms with E-state index in [1.54, 1.807) is 9.47 Å². The second-order valence-electron chi connectivity index (χ2n) is 9.08. The zero-order valence-electron chi connectivity index (χ0n) is 16.9. The summed E-state index contributed by atoms with van der Waals surface area (Å²) in [4.78, 5) is 26.1. The predicted molar refractivity (Wildman–Crippen MR) is 109 cm³/mol. The SMILES string of the molecule is CCNCC1CCN(c2c(F)cc3c(=O)c(C(=O)O)cn(C45CC(C4)C5)c3c2F)C1. The molecule has 1 saturated heterocycles. The first-order valence-corrected chi connectivity index (χ1v) is 10.6. The number of fused-ring (bicyclic) bond motifs is 1. The number of carboxylic acid groups (broad SMARTS) is 1. The van der Waals surface area contributed by atoms with Crippen molar-refractivity contribution in [3.05, 3.63) is 39.7 Å². The summed E-state index contributed by atoms with van der Waals surface area (Å²) < 4.78 is 32.5. The number of anilines is 1. The van der Waals surface area contributed by atoms with Gasteiger partial charge in [-0.05, 0) is 56.7 Å². The van der Waals surface area contributed by atoms with Gasteiger partial charge in [0.2, 0.25) is 5.43 Å². The maximum absolute atomic E-state index is 15.8. The van der Waals surface area contributed by atoms with Gasteiger partial charge in [-0.1, -0.05) is 6.92 Å². The van der Waals surface area contributed by atoms with Gasteiger partial charge in [0.05, 0.1) is 10.9 Å². The standard InChI is InChI=1S/C22H25F2N3O3/c1-2-25-9-12-3-4-26(10-12)19-16(23)5-14-18(17(19)24)27(22-6-13(7-22)8-22)11-15(20(14)28)21(29)30/h5,11-13,25H,2-4,6-10H2,1H3,(H,29,30). The van der Waals surface area contributed by atoms with Gasteiger partial charge in [0.15, 0.2) is 5.82 Å². The summed E-state index contributed by atoms with van der Waals surface area (Å²) in [6, 6.07) is 1.03. The first-order chi connectivity index (χ1) is 14.3. The van der Waals surface area contributed by atoms with Gasteiger partial charge in [-0.2, -0.15) is 0 Å². The molecule has 3 saturated carbocycles. The molecule has 2 heterocycles. The Hall–Kier alpha value is -2.48. The number of benzene rings is 1. The molecule has 2 aromatic rings. The zero-order chi connectivity index (χ0) is 21.2. The number of carboxylic acids is 1. The number of nitrogens with zero attached hydrogens (tertiary/aromatic N) is 2. The summed E-state index contributed by atoms with van der Waals surface area (Å²) in [6.45, 7) is 4.74. The third kappa shape index (κ3) is 2.69. The van der Waals surface area contributed by atoms with Gasteiger partial charge in [0, 0.05) is 24.8 Å². The van der Waals surface area contributed by atoms with E-state index in [0.717, 1.165) is 44.8 Å². The van der Waals surface area contributed by atoms with Crippen molar-refractivity contribution in [3.63, 3.8) is 0 Å². The lowest BCUT2D eigenvalue weighted by atomic mass is 9.49. The molecule has 1 aliphatic heterocycles. The van der Waals surface area contributed by atoms with E-state index < -0.39 is 28.6 Å².